The highest BCUT2D eigenvalue weighted by atomic mass is 16.3. The van der Waals surface area contributed by atoms with Crippen LogP contribution in [0.4, 0.5) is 0 Å². The molecule has 1 aromatic carbocycles. The maximum Gasteiger partial charge on any atom is 0.139 e. The average Bonchev–Trinajstić information content (AvgIpc) is 2.78. The van der Waals surface area contributed by atoms with Crippen molar-refractivity contribution in [2.24, 2.45) is 5.41 Å². The standard InChI is InChI=1S/C26H30N4O/c1-7-18-12-20(25(5,6)16-27)9-10-22(18)19-8-11-23(30-13-19)26(31,24(2,3)4)21-14-28-17-29-15-21/h8-15,17,31H,7H2,1-6H3. The van der Waals surface area contributed by atoms with Gasteiger partial charge < -0.3 is 5.11 Å². The molecule has 0 amide bonds. The van der Waals surface area contributed by atoms with Gasteiger partial charge in [0.25, 0.3) is 0 Å². The number of hydrogen-bond acceptors (Lipinski definition) is 5. The lowest BCUT2D eigenvalue weighted by molar-refractivity contribution is -0.0301. The third kappa shape index (κ3) is 4.08. The molecule has 0 saturated heterocycles. The van der Waals surface area contributed by atoms with Gasteiger partial charge in [0.05, 0.1) is 17.2 Å². The largest absolute Gasteiger partial charge is 0.378 e. The Morgan fingerprint density at radius 3 is 2.13 bits per heavy atom. The van der Waals surface area contributed by atoms with Crippen LogP contribution in [0.15, 0.2) is 55.2 Å². The van der Waals surface area contributed by atoms with Gasteiger partial charge in [-0.3, -0.25) is 4.98 Å². The zero-order valence-corrected chi connectivity index (χ0v) is 19.1. The van der Waals surface area contributed by atoms with E-state index < -0.39 is 16.4 Å². The maximum atomic E-state index is 11.7. The lowest BCUT2D eigenvalue weighted by Gasteiger charge is -2.39. The average molecular weight is 415 g/mol. The van der Waals surface area contributed by atoms with Crippen molar-refractivity contribution >= 4 is 0 Å². The monoisotopic (exact) mass is 414 g/mol. The summed E-state index contributed by atoms with van der Waals surface area (Å²) in [7, 11) is 0. The highest BCUT2D eigenvalue weighted by Crippen LogP contribution is 2.43. The fourth-order valence-electron chi connectivity index (χ4n) is 3.84. The molecule has 5 nitrogen and oxygen atoms in total. The van der Waals surface area contributed by atoms with Crippen molar-refractivity contribution in [1.29, 1.82) is 5.26 Å². The first-order valence-corrected chi connectivity index (χ1v) is 10.5. The fourth-order valence-corrected chi connectivity index (χ4v) is 3.84. The molecule has 0 saturated carbocycles. The Labute approximate surface area is 184 Å². The van der Waals surface area contributed by atoms with Crippen LogP contribution in [0.2, 0.25) is 0 Å². The van der Waals surface area contributed by atoms with E-state index in [2.05, 4.69) is 40.1 Å². The summed E-state index contributed by atoms with van der Waals surface area (Å²) >= 11 is 0. The third-order valence-electron chi connectivity index (χ3n) is 6.00. The summed E-state index contributed by atoms with van der Waals surface area (Å²) in [6.45, 7) is 11.9. The fraction of sp³-hybridized carbons (Fsp3) is 0.385. The minimum atomic E-state index is -1.33. The molecule has 0 radical (unpaired) electrons. The number of hydrogen-bond donors (Lipinski definition) is 1. The first-order chi connectivity index (χ1) is 14.5. The SMILES string of the molecule is CCc1cc(C(C)(C)C#N)ccc1-c1ccc(C(O)(c2cncnc2)C(C)(C)C)nc1. The number of nitriles is 1. The zero-order chi connectivity index (χ0) is 22.9. The summed E-state index contributed by atoms with van der Waals surface area (Å²) in [4.78, 5) is 12.9. The van der Waals surface area contributed by atoms with Crippen molar-refractivity contribution < 1.29 is 5.11 Å². The second-order valence-corrected chi connectivity index (χ2v) is 9.48. The summed E-state index contributed by atoms with van der Waals surface area (Å²) in [5, 5.41) is 21.2. The van der Waals surface area contributed by atoms with Gasteiger partial charge in [-0.1, -0.05) is 52.0 Å². The van der Waals surface area contributed by atoms with Crippen LogP contribution in [0.1, 0.15) is 63.9 Å². The second kappa shape index (κ2) is 8.20. The van der Waals surface area contributed by atoms with Crippen LogP contribution < -0.4 is 0 Å². The van der Waals surface area contributed by atoms with Crippen molar-refractivity contribution in [3.05, 3.63) is 77.6 Å². The maximum absolute atomic E-state index is 11.7. The van der Waals surface area contributed by atoms with E-state index in [0.29, 0.717) is 11.3 Å². The van der Waals surface area contributed by atoms with Crippen LogP contribution in [0.3, 0.4) is 0 Å². The number of rotatable bonds is 5. The highest BCUT2D eigenvalue weighted by Gasteiger charge is 2.45. The number of benzene rings is 1. The Morgan fingerprint density at radius 2 is 1.61 bits per heavy atom. The van der Waals surface area contributed by atoms with E-state index in [1.54, 1.807) is 18.6 Å². The Hall–Kier alpha value is -3.10. The molecule has 2 heterocycles. The molecule has 3 aromatic rings. The molecule has 160 valence electrons. The van der Waals surface area contributed by atoms with E-state index in [-0.39, 0.29) is 0 Å². The predicted molar refractivity (Wildman–Crippen MR) is 122 cm³/mol. The van der Waals surface area contributed by atoms with Gasteiger partial charge in [-0.2, -0.15) is 5.26 Å². The van der Waals surface area contributed by atoms with Crippen LogP contribution in [0.25, 0.3) is 11.1 Å². The van der Waals surface area contributed by atoms with Gasteiger partial charge in [-0.05, 0) is 43.0 Å². The van der Waals surface area contributed by atoms with Crippen LogP contribution in [-0.4, -0.2) is 20.1 Å². The van der Waals surface area contributed by atoms with Gasteiger partial charge in [0.2, 0.25) is 0 Å². The Morgan fingerprint density at radius 1 is 0.935 bits per heavy atom. The summed E-state index contributed by atoms with van der Waals surface area (Å²) in [6.07, 6.45) is 7.38. The lowest BCUT2D eigenvalue weighted by Crippen LogP contribution is -2.42. The topological polar surface area (TPSA) is 82.7 Å². The van der Waals surface area contributed by atoms with Crippen molar-refractivity contribution in [3.8, 4) is 17.2 Å². The summed E-state index contributed by atoms with van der Waals surface area (Å²) in [6, 6.07) is 12.4. The quantitative estimate of drug-likeness (QED) is 0.622. The highest BCUT2D eigenvalue weighted by molar-refractivity contribution is 5.68. The van der Waals surface area contributed by atoms with Gasteiger partial charge in [0, 0.05) is 35.1 Å². The van der Waals surface area contributed by atoms with Crippen LogP contribution in [0, 0.1) is 16.7 Å². The first-order valence-electron chi connectivity index (χ1n) is 10.5. The number of aliphatic hydroxyl groups is 1. The molecule has 0 aliphatic rings. The van der Waals surface area contributed by atoms with Crippen LogP contribution in [-0.2, 0) is 17.4 Å². The number of nitrogens with zero attached hydrogens (tertiary/aromatic N) is 4. The number of pyridine rings is 1. The normalized spacial score (nSPS) is 14.0. The molecule has 1 atom stereocenters. The summed E-state index contributed by atoms with van der Waals surface area (Å²) < 4.78 is 0. The van der Waals surface area contributed by atoms with Gasteiger partial charge in [0.15, 0.2) is 0 Å². The van der Waals surface area contributed by atoms with Crippen molar-refractivity contribution in [2.75, 3.05) is 0 Å². The molecule has 31 heavy (non-hydrogen) atoms. The minimum absolute atomic E-state index is 0.522. The second-order valence-electron chi connectivity index (χ2n) is 9.48. The zero-order valence-electron chi connectivity index (χ0n) is 19.1. The van der Waals surface area contributed by atoms with E-state index >= 15 is 0 Å². The van der Waals surface area contributed by atoms with Crippen LogP contribution >= 0.6 is 0 Å². The molecule has 0 fully saturated rings. The van der Waals surface area contributed by atoms with Gasteiger partial charge in [-0.15, -0.1) is 0 Å². The van der Waals surface area contributed by atoms with E-state index in [4.69, 9.17) is 0 Å². The number of aryl methyl sites for hydroxylation is 1. The molecular formula is C26H30N4O. The Kier molecular flexibility index (Phi) is 5.98. The molecule has 5 heteroatoms. The van der Waals surface area contributed by atoms with Crippen LogP contribution in [0.5, 0.6) is 0 Å². The van der Waals surface area contributed by atoms with Crippen molar-refractivity contribution in [2.45, 2.75) is 59.0 Å². The molecule has 0 spiro atoms. The molecule has 2 aromatic heterocycles. The molecule has 0 bridgehead atoms. The Balaban J connectivity index is 2.06. The van der Waals surface area contributed by atoms with Gasteiger partial charge >= 0.3 is 0 Å². The third-order valence-corrected chi connectivity index (χ3v) is 6.00. The van der Waals surface area contributed by atoms with Crippen molar-refractivity contribution in [3.63, 3.8) is 0 Å². The number of aromatic nitrogens is 3. The first kappa shape index (κ1) is 22.6. The Bertz CT molecular complexity index is 1090. The van der Waals surface area contributed by atoms with Gasteiger partial charge in [-0.25, -0.2) is 9.97 Å². The predicted octanol–water partition coefficient (Wildman–Crippen LogP) is 5.18. The minimum Gasteiger partial charge on any atom is -0.378 e. The van der Waals surface area contributed by atoms with E-state index in [1.165, 1.54) is 6.33 Å². The van der Waals surface area contributed by atoms with E-state index in [1.807, 2.05) is 52.8 Å². The molecule has 0 aliphatic carbocycles. The lowest BCUT2D eigenvalue weighted by atomic mass is 9.70. The molecular weight excluding hydrogens is 384 g/mol. The smallest absolute Gasteiger partial charge is 0.139 e. The molecule has 0 aliphatic heterocycles. The van der Waals surface area contributed by atoms with Gasteiger partial charge in [0.1, 0.15) is 11.9 Å². The van der Waals surface area contributed by atoms with E-state index in [9.17, 15) is 10.4 Å². The molecule has 1 N–H and O–H groups in total. The molecule has 3 rings (SSSR count). The molecule has 1 unspecified atom stereocenters. The van der Waals surface area contributed by atoms with Crippen molar-refractivity contribution in [1.82, 2.24) is 15.0 Å². The van der Waals surface area contributed by atoms with E-state index in [0.717, 1.165) is 28.7 Å². The summed E-state index contributed by atoms with van der Waals surface area (Å²) in [5.74, 6) is 0. The summed E-state index contributed by atoms with van der Waals surface area (Å²) in [5.41, 5.74) is 3.00.